The van der Waals surface area contributed by atoms with E-state index in [9.17, 15) is 0 Å². The summed E-state index contributed by atoms with van der Waals surface area (Å²) in [6, 6.07) is 0.284. The summed E-state index contributed by atoms with van der Waals surface area (Å²) < 4.78 is 5.27. The molecule has 0 aliphatic carbocycles. The molecule has 0 bridgehead atoms. The van der Waals surface area contributed by atoms with Gasteiger partial charge in [-0.05, 0) is 25.6 Å². The molecule has 0 unspecified atom stereocenters. The second kappa shape index (κ2) is 5.63. The molecule has 9 heteroatoms. The lowest BCUT2D eigenvalue weighted by atomic mass is 10.8. The molecule has 0 atom stereocenters. The molecule has 18 heavy (non-hydrogen) atoms. The Labute approximate surface area is 108 Å². The van der Waals surface area contributed by atoms with Crippen LogP contribution in [0.2, 0.25) is 0 Å². The number of rotatable bonds is 5. The van der Waals surface area contributed by atoms with Crippen molar-refractivity contribution in [2.24, 2.45) is 0 Å². The average Bonchev–Trinajstić information content (AvgIpc) is 2.75. The van der Waals surface area contributed by atoms with E-state index in [0.717, 1.165) is 5.82 Å². The molecule has 0 aromatic carbocycles. The minimum absolute atomic E-state index is 0.284. The first-order valence-electron chi connectivity index (χ1n) is 5.34. The standard InChI is InChI=1S/C9H13N7OS/c1-4-17-7-12-6(10-3)13-8(14-7)18-9-11-5(2)15-16-9/h4H2,1-3H3,(H,11,15,16)(H,10,12,13,14). The van der Waals surface area contributed by atoms with Gasteiger partial charge in [0.15, 0.2) is 0 Å². The van der Waals surface area contributed by atoms with Crippen molar-refractivity contribution in [1.29, 1.82) is 0 Å². The molecular weight excluding hydrogens is 254 g/mol. The molecule has 2 N–H and O–H groups in total. The van der Waals surface area contributed by atoms with E-state index in [2.05, 4.69) is 35.5 Å². The van der Waals surface area contributed by atoms with Gasteiger partial charge in [-0.2, -0.15) is 15.0 Å². The van der Waals surface area contributed by atoms with Crippen LogP contribution in [0.4, 0.5) is 5.95 Å². The Morgan fingerprint density at radius 2 is 2.06 bits per heavy atom. The van der Waals surface area contributed by atoms with Gasteiger partial charge in [-0.15, -0.1) is 5.10 Å². The smallest absolute Gasteiger partial charge is 0.322 e. The fourth-order valence-corrected chi connectivity index (χ4v) is 1.83. The largest absolute Gasteiger partial charge is 0.464 e. The van der Waals surface area contributed by atoms with Gasteiger partial charge in [0.1, 0.15) is 5.82 Å². The van der Waals surface area contributed by atoms with E-state index in [1.165, 1.54) is 11.8 Å². The lowest BCUT2D eigenvalue weighted by molar-refractivity contribution is 0.308. The highest BCUT2D eigenvalue weighted by Crippen LogP contribution is 2.22. The van der Waals surface area contributed by atoms with Crippen molar-refractivity contribution in [2.75, 3.05) is 19.0 Å². The lowest BCUT2D eigenvalue weighted by Crippen LogP contribution is -2.04. The van der Waals surface area contributed by atoms with Crippen LogP contribution in [0, 0.1) is 6.92 Å². The highest BCUT2D eigenvalue weighted by atomic mass is 32.2. The van der Waals surface area contributed by atoms with Crippen molar-refractivity contribution in [3.63, 3.8) is 0 Å². The number of nitrogens with one attached hydrogen (secondary N) is 2. The highest BCUT2D eigenvalue weighted by Gasteiger charge is 2.10. The first kappa shape index (κ1) is 12.6. The van der Waals surface area contributed by atoms with E-state index in [1.54, 1.807) is 7.05 Å². The van der Waals surface area contributed by atoms with Crippen LogP contribution in [0.1, 0.15) is 12.7 Å². The van der Waals surface area contributed by atoms with Crippen LogP contribution in [0.5, 0.6) is 6.01 Å². The summed E-state index contributed by atoms with van der Waals surface area (Å²) in [6.07, 6.45) is 0. The van der Waals surface area contributed by atoms with Gasteiger partial charge in [-0.1, -0.05) is 0 Å². The summed E-state index contributed by atoms with van der Waals surface area (Å²) in [5, 5.41) is 10.7. The average molecular weight is 267 g/mol. The van der Waals surface area contributed by atoms with E-state index in [4.69, 9.17) is 4.74 Å². The summed E-state index contributed by atoms with van der Waals surface area (Å²) in [4.78, 5) is 16.6. The zero-order valence-electron chi connectivity index (χ0n) is 10.3. The molecule has 96 valence electrons. The highest BCUT2D eigenvalue weighted by molar-refractivity contribution is 7.99. The number of hydrogen-bond acceptors (Lipinski definition) is 8. The number of nitrogens with zero attached hydrogens (tertiary/aromatic N) is 5. The van der Waals surface area contributed by atoms with Crippen molar-refractivity contribution in [3.05, 3.63) is 5.82 Å². The van der Waals surface area contributed by atoms with Crippen molar-refractivity contribution < 1.29 is 4.74 Å². The molecule has 0 amide bonds. The summed E-state index contributed by atoms with van der Waals surface area (Å²) in [6.45, 7) is 4.19. The van der Waals surface area contributed by atoms with Crippen molar-refractivity contribution >= 4 is 17.7 Å². The molecule has 2 rings (SSSR count). The molecule has 0 saturated heterocycles. The molecule has 0 aliphatic rings. The number of anilines is 1. The molecular formula is C9H13N7OS. The maximum absolute atomic E-state index is 5.27. The summed E-state index contributed by atoms with van der Waals surface area (Å²) in [7, 11) is 1.73. The number of aryl methyl sites for hydroxylation is 1. The first-order chi connectivity index (χ1) is 8.71. The monoisotopic (exact) mass is 267 g/mol. The quantitative estimate of drug-likeness (QED) is 0.823. The van der Waals surface area contributed by atoms with E-state index >= 15 is 0 Å². The molecule has 2 aromatic heterocycles. The molecule has 0 aliphatic heterocycles. The second-order valence-corrected chi connectivity index (χ2v) is 4.15. The Bertz CT molecular complexity index is 529. The van der Waals surface area contributed by atoms with Gasteiger partial charge in [0.25, 0.3) is 0 Å². The zero-order valence-corrected chi connectivity index (χ0v) is 11.1. The van der Waals surface area contributed by atoms with E-state index in [1.807, 2.05) is 13.8 Å². The van der Waals surface area contributed by atoms with Gasteiger partial charge in [-0.25, -0.2) is 4.98 Å². The SMILES string of the molecule is CCOc1nc(NC)nc(Sc2n[nH]c(C)n2)n1. The van der Waals surface area contributed by atoms with Gasteiger partial charge in [0, 0.05) is 7.05 Å². The lowest BCUT2D eigenvalue weighted by Gasteiger charge is -2.04. The number of hydrogen-bond donors (Lipinski definition) is 2. The fraction of sp³-hybridized carbons (Fsp3) is 0.444. The van der Waals surface area contributed by atoms with Crippen molar-refractivity contribution in [1.82, 2.24) is 30.1 Å². The zero-order chi connectivity index (χ0) is 13.0. The molecule has 0 fully saturated rings. The number of aromatic nitrogens is 6. The van der Waals surface area contributed by atoms with Crippen molar-refractivity contribution in [2.45, 2.75) is 24.2 Å². The van der Waals surface area contributed by atoms with Crippen LogP contribution in [-0.2, 0) is 0 Å². The number of ether oxygens (including phenoxy) is 1. The third-order valence-electron chi connectivity index (χ3n) is 1.85. The minimum atomic E-state index is 0.284. The maximum atomic E-state index is 5.27. The van der Waals surface area contributed by atoms with E-state index in [-0.39, 0.29) is 6.01 Å². The van der Waals surface area contributed by atoms with Crippen LogP contribution in [0.3, 0.4) is 0 Å². The molecule has 0 spiro atoms. The third-order valence-corrected chi connectivity index (χ3v) is 2.58. The van der Waals surface area contributed by atoms with Crippen molar-refractivity contribution in [3.8, 4) is 6.01 Å². The summed E-state index contributed by atoms with van der Waals surface area (Å²) in [5.74, 6) is 1.19. The van der Waals surface area contributed by atoms with E-state index < -0.39 is 0 Å². The minimum Gasteiger partial charge on any atom is -0.464 e. The van der Waals surface area contributed by atoms with Gasteiger partial charge in [-0.3, -0.25) is 5.10 Å². The predicted molar refractivity (Wildman–Crippen MR) is 65.8 cm³/mol. The van der Waals surface area contributed by atoms with Gasteiger partial charge >= 0.3 is 6.01 Å². The Kier molecular flexibility index (Phi) is 3.92. The third kappa shape index (κ3) is 3.06. The predicted octanol–water partition coefficient (Wildman–Crippen LogP) is 0.890. The Morgan fingerprint density at radius 3 is 2.67 bits per heavy atom. The first-order valence-corrected chi connectivity index (χ1v) is 6.16. The molecule has 8 nitrogen and oxygen atoms in total. The molecule has 0 radical (unpaired) electrons. The molecule has 2 heterocycles. The Balaban J connectivity index is 2.23. The van der Waals surface area contributed by atoms with Crippen LogP contribution < -0.4 is 10.1 Å². The summed E-state index contributed by atoms with van der Waals surface area (Å²) >= 11 is 1.24. The van der Waals surface area contributed by atoms with E-state index in [0.29, 0.717) is 22.9 Å². The van der Waals surface area contributed by atoms with Crippen LogP contribution in [0.25, 0.3) is 0 Å². The van der Waals surface area contributed by atoms with Gasteiger partial charge in [0.05, 0.1) is 6.61 Å². The number of aromatic amines is 1. The fourth-order valence-electron chi connectivity index (χ4n) is 1.14. The van der Waals surface area contributed by atoms with Gasteiger partial charge < -0.3 is 10.1 Å². The molecule has 2 aromatic rings. The topological polar surface area (TPSA) is 102 Å². The maximum Gasteiger partial charge on any atom is 0.322 e. The van der Waals surface area contributed by atoms with Crippen LogP contribution in [-0.4, -0.2) is 43.8 Å². The normalized spacial score (nSPS) is 10.4. The summed E-state index contributed by atoms with van der Waals surface area (Å²) in [5.41, 5.74) is 0. The van der Waals surface area contributed by atoms with Crippen LogP contribution >= 0.6 is 11.8 Å². The Hall–Kier alpha value is -1.90. The second-order valence-electron chi connectivity index (χ2n) is 3.21. The molecule has 0 saturated carbocycles. The Morgan fingerprint density at radius 1 is 1.22 bits per heavy atom. The number of H-pyrrole nitrogens is 1. The van der Waals surface area contributed by atoms with Gasteiger partial charge in [0.2, 0.25) is 16.3 Å². The van der Waals surface area contributed by atoms with Crippen LogP contribution in [0.15, 0.2) is 10.3 Å².